The van der Waals surface area contributed by atoms with Gasteiger partial charge in [0.25, 0.3) is 0 Å². The second-order valence-electron chi connectivity index (χ2n) is 4.10. The van der Waals surface area contributed by atoms with Gasteiger partial charge in [0.1, 0.15) is 0 Å². The molecule has 0 aliphatic carbocycles. The predicted octanol–water partition coefficient (Wildman–Crippen LogP) is 3.65. The fourth-order valence-corrected chi connectivity index (χ4v) is 1.42. The zero-order valence-corrected chi connectivity index (χ0v) is 11.1. The van der Waals surface area contributed by atoms with E-state index in [1.165, 1.54) is 25.7 Å². The van der Waals surface area contributed by atoms with E-state index in [0.717, 1.165) is 5.56 Å². The van der Waals surface area contributed by atoms with Crippen LogP contribution in [0.4, 0.5) is 5.69 Å². The molecule has 0 saturated heterocycles. The Bertz CT molecular complexity index is 361. The number of aliphatic carboxylic acids is 1. The minimum atomic E-state index is -0.837. The highest BCUT2D eigenvalue weighted by molar-refractivity contribution is 5.70. The monoisotopic (exact) mass is 249 g/mol. The van der Waals surface area contributed by atoms with Crippen molar-refractivity contribution in [3.63, 3.8) is 0 Å². The second kappa shape index (κ2) is 10.4. The number of hydrogen-bond acceptors (Lipinski definition) is 2. The predicted molar refractivity (Wildman–Crippen MR) is 76.5 cm³/mol. The number of hydrogen-bond donors (Lipinski definition) is 2. The van der Waals surface area contributed by atoms with Crippen LogP contribution in [0.1, 0.15) is 38.2 Å². The SMILES string of the molecule is C=CCCCCC.Nc1cccc(CC(=O)O)c1. The lowest BCUT2D eigenvalue weighted by Crippen LogP contribution is -2.00. The van der Waals surface area contributed by atoms with E-state index in [2.05, 4.69) is 13.5 Å². The van der Waals surface area contributed by atoms with Crippen molar-refractivity contribution in [2.24, 2.45) is 0 Å². The first-order valence-electron chi connectivity index (χ1n) is 6.27. The van der Waals surface area contributed by atoms with Crippen LogP contribution in [0.25, 0.3) is 0 Å². The standard InChI is InChI=1S/C8H9NO2.C7H14/c9-7-3-1-2-6(4-7)5-8(10)11;1-3-5-7-6-4-2/h1-4H,5,9H2,(H,10,11);3H,1,4-7H2,2H3. The lowest BCUT2D eigenvalue weighted by molar-refractivity contribution is -0.136. The highest BCUT2D eigenvalue weighted by Crippen LogP contribution is 2.06. The van der Waals surface area contributed by atoms with Crippen molar-refractivity contribution < 1.29 is 9.90 Å². The number of carboxylic acids is 1. The third-order valence-electron chi connectivity index (χ3n) is 2.32. The van der Waals surface area contributed by atoms with E-state index < -0.39 is 5.97 Å². The minimum absolute atomic E-state index is 0.0328. The Morgan fingerprint density at radius 3 is 2.67 bits per heavy atom. The molecule has 0 spiro atoms. The molecular weight excluding hydrogens is 226 g/mol. The highest BCUT2D eigenvalue weighted by Gasteiger charge is 1.98. The Kier molecular flexibility index (Phi) is 9.37. The lowest BCUT2D eigenvalue weighted by Gasteiger charge is -1.96. The fourth-order valence-electron chi connectivity index (χ4n) is 1.42. The Morgan fingerprint density at radius 1 is 1.44 bits per heavy atom. The van der Waals surface area contributed by atoms with Crippen molar-refractivity contribution in [2.45, 2.75) is 39.0 Å². The molecule has 18 heavy (non-hydrogen) atoms. The maximum Gasteiger partial charge on any atom is 0.307 e. The molecule has 0 aliphatic heterocycles. The van der Waals surface area contributed by atoms with Crippen molar-refractivity contribution in [1.29, 1.82) is 0 Å². The van der Waals surface area contributed by atoms with E-state index in [9.17, 15) is 4.79 Å². The summed E-state index contributed by atoms with van der Waals surface area (Å²) in [5.74, 6) is -0.837. The average Bonchev–Trinajstić information content (AvgIpc) is 2.30. The van der Waals surface area contributed by atoms with Crippen molar-refractivity contribution in [3.05, 3.63) is 42.5 Å². The van der Waals surface area contributed by atoms with E-state index in [1.807, 2.05) is 6.08 Å². The van der Waals surface area contributed by atoms with Gasteiger partial charge in [-0.25, -0.2) is 0 Å². The molecule has 0 radical (unpaired) electrons. The van der Waals surface area contributed by atoms with Gasteiger partial charge in [0.2, 0.25) is 0 Å². The first-order valence-corrected chi connectivity index (χ1v) is 6.27. The molecule has 0 fully saturated rings. The maximum atomic E-state index is 10.2. The molecule has 1 aromatic rings. The smallest absolute Gasteiger partial charge is 0.307 e. The number of nitrogens with two attached hydrogens (primary N) is 1. The van der Waals surface area contributed by atoms with Gasteiger partial charge in [0.15, 0.2) is 0 Å². The highest BCUT2D eigenvalue weighted by atomic mass is 16.4. The molecule has 0 bridgehead atoms. The van der Waals surface area contributed by atoms with Crippen LogP contribution in [0.3, 0.4) is 0 Å². The van der Waals surface area contributed by atoms with Gasteiger partial charge in [-0.2, -0.15) is 0 Å². The summed E-state index contributed by atoms with van der Waals surface area (Å²) < 4.78 is 0. The van der Waals surface area contributed by atoms with E-state index in [0.29, 0.717) is 5.69 Å². The van der Waals surface area contributed by atoms with Gasteiger partial charge in [-0.15, -0.1) is 6.58 Å². The van der Waals surface area contributed by atoms with Crippen LogP contribution < -0.4 is 5.73 Å². The summed E-state index contributed by atoms with van der Waals surface area (Å²) in [7, 11) is 0. The number of carbonyl (C=O) groups is 1. The van der Waals surface area contributed by atoms with E-state index in [-0.39, 0.29) is 6.42 Å². The summed E-state index contributed by atoms with van der Waals surface area (Å²) in [6, 6.07) is 6.87. The average molecular weight is 249 g/mol. The van der Waals surface area contributed by atoms with Crippen molar-refractivity contribution in [2.75, 3.05) is 5.73 Å². The van der Waals surface area contributed by atoms with Gasteiger partial charge in [-0.1, -0.05) is 38.0 Å². The topological polar surface area (TPSA) is 63.3 Å². The molecule has 0 amide bonds. The number of allylic oxidation sites excluding steroid dienone is 1. The molecule has 0 unspecified atom stereocenters. The number of benzene rings is 1. The molecule has 3 N–H and O–H groups in total. The van der Waals surface area contributed by atoms with Gasteiger partial charge in [-0.3, -0.25) is 4.79 Å². The summed E-state index contributed by atoms with van der Waals surface area (Å²) in [5.41, 5.74) is 6.78. The van der Waals surface area contributed by atoms with Gasteiger partial charge >= 0.3 is 5.97 Å². The summed E-state index contributed by atoms with van der Waals surface area (Å²) in [4.78, 5) is 10.2. The quantitative estimate of drug-likeness (QED) is 0.459. The molecule has 1 aromatic carbocycles. The molecule has 0 atom stereocenters. The summed E-state index contributed by atoms with van der Waals surface area (Å²) in [6.07, 6.45) is 7.19. The molecule has 3 heteroatoms. The summed E-state index contributed by atoms with van der Waals surface area (Å²) in [5, 5.41) is 8.42. The third kappa shape index (κ3) is 9.46. The van der Waals surface area contributed by atoms with Crippen molar-refractivity contribution >= 4 is 11.7 Å². The van der Waals surface area contributed by atoms with Crippen LogP contribution in [-0.2, 0) is 11.2 Å². The molecular formula is C15H23NO2. The Hall–Kier alpha value is -1.77. The number of rotatable bonds is 6. The zero-order valence-electron chi connectivity index (χ0n) is 11.1. The molecule has 0 heterocycles. The van der Waals surface area contributed by atoms with Crippen LogP contribution in [0, 0.1) is 0 Å². The fraction of sp³-hybridized carbons (Fsp3) is 0.400. The Labute approximate surface area is 109 Å². The minimum Gasteiger partial charge on any atom is -0.481 e. The molecule has 100 valence electrons. The molecule has 0 aromatic heterocycles. The Balaban J connectivity index is 0.000000360. The van der Waals surface area contributed by atoms with E-state index >= 15 is 0 Å². The van der Waals surface area contributed by atoms with Crippen LogP contribution in [0.5, 0.6) is 0 Å². The van der Waals surface area contributed by atoms with Gasteiger partial charge in [-0.05, 0) is 30.5 Å². The normalized spacial score (nSPS) is 9.17. The lowest BCUT2D eigenvalue weighted by atomic mass is 10.1. The molecule has 0 aliphatic rings. The molecule has 1 rings (SSSR count). The van der Waals surface area contributed by atoms with Crippen LogP contribution in [0.2, 0.25) is 0 Å². The van der Waals surface area contributed by atoms with Crippen LogP contribution in [-0.4, -0.2) is 11.1 Å². The maximum absolute atomic E-state index is 10.2. The first kappa shape index (κ1) is 16.2. The molecule has 3 nitrogen and oxygen atoms in total. The van der Waals surface area contributed by atoms with Gasteiger partial charge in [0.05, 0.1) is 6.42 Å². The van der Waals surface area contributed by atoms with Crippen LogP contribution in [0.15, 0.2) is 36.9 Å². The van der Waals surface area contributed by atoms with Gasteiger partial charge < -0.3 is 10.8 Å². The van der Waals surface area contributed by atoms with Crippen molar-refractivity contribution in [3.8, 4) is 0 Å². The zero-order chi connectivity index (χ0) is 13.8. The number of nitrogen functional groups attached to an aromatic ring is 1. The van der Waals surface area contributed by atoms with E-state index in [1.54, 1.807) is 24.3 Å². The Morgan fingerprint density at radius 2 is 2.17 bits per heavy atom. The summed E-state index contributed by atoms with van der Waals surface area (Å²) in [6.45, 7) is 5.84. The first-order chi connectivity index (χ1) is 8.60. The van der Waals surface area contributed by atoms with Crippen LogP contribution >= 0.6 is 0 Å². The largest absolute Gasteiger partial charge is 0.481 e. The number of carboxylic acid groups (broad SMARTS) is 1. The van der Waals surface area contributed by atoms with Crippen molar-refractivity contribution in [1.82, 2.24) is 0 Å². The second-order valence-corrected chi connectivity index (χ2v) is 4.10. The summed E-state index contributed by atoms with van der Waals surface area (Å²) >= 11 is 0. The third-order valence-corrected chi connectivity index (χ3v) is 2.32. The molecule has 0 saturated carbocycles. The number of anilines is 1. The van der Waals surface area contributed by atoms with Gasteiger partial charge in [0, 0.05) is 5.69 Å². The van der Waals surface area contributed by atoms with E-state index in [4.69, 9.17) is 10.8 Å². The number of unbranched alkanes of at least 4 members (excludes halogenated alkanes) is 3.